The Kier molecular flexibility index (Phi) is 6.57. The van der Waals surface area contributed by atoms with Gasteiger partial charge in [-0.05, 0) is 51.8 Å². The number of aliphatic hydroxyl groups excluding tert-OH is 1. The Morgan fingerprint density at radius 3 is 2.53 bits per heavy atom. The number of amides is 1. The highest BCUT2D eigenvalue weighted by atomic mass is 35.5. The average molecular weight is 473 g/mol. The van der Waals surface area contributed by atoms with Gasteiger partial charge in [0.1, 0.15) is 24.1 Å². The molecule has 3 N–H and O–H groups in total. The predicted molar refractivity (Wildman–Crippen MR) is 114 cm³/mol. The van der Waals surface area contributed by atoms with E-state index in [1.54, 1.807) is 18.2 Å². The molecule has 11 heteroatoms. The van der Waals surface area contributed by atoms with Gasteiger partial charge in [0.05, 0.1) is 5.69 Å². The molecule has 32 heavy (non-hydrogen) atoms. The number of anilines is 1. The number of aliphatic hydroxyl groups is 1. The summed E-state index contributed by atoms with van der Waals surface area (Å²) < 4.78 is 40.0. The number of benzene rings is 1. The number of hydrogen-bond acceptors (Lipinski definition) is 5. The van der Waals surface area contributed by atoms with E-state index in [2.05, 4.69) is 10.3 Å². The molecule has 3 rings (SSSR count). The lowest BCUT2D eigenvalue weighted by Crippen LogP contribution is -2.55. The number of nitrogens with one attached hydrogen (secondary N) is 2. The number of alkyl halides is 3. The molecule has 2 aromatic rings. The largest absolute Gasteiger partial charge is 0.410 e. The van der Waals surface area contributed by atoms with Crippen molar-refractivity contribution in [2.24, 2.45) is 5.92 Å². The fourth-order valence-electron chi connectivity index (χ4n) is 3.10. The molecule has 0 saturated heterocycles. The first-order valence-electron chi connectivity index (χ1n) is 9.99. The molecule has 7 nitrogen and oxygen atoms in total. The molecule has 1 aromatic heterocycles. The summed E-state index contributed by atoms with van der Waals surface area (Å²) in [5, 5.41) is 15.6. The lowest BCUT2D eigenvalue weighted by molar-refractivity contribution is -0.188. The maximum absolute atomic E-state index is 13.0. The number of aryl methyl sites for hydroxylation is 1. The Hall–Kier alpha value is -2.59. The van der Waals surface area contributed by atoms with Gasteiger partial charge in [-0.15, -0.1) is 0 Å². The summed E-state index contributed by atoms with van der Waals surface area (Å²) in [4.78, 5) is 29.2. The maximum atomic E-state index is 13.0. The number of nitrogens with zero attached hydrogens (tertiary/aromatic N) is 2. The van der Waals surface area contributed by atoms with Crippen LogP contribution in [0.25, 0.3) is 11.3 Å². The van der Waals surface area contributed by atoms with Crippen molar-refractivity contribution in [2.45, 2.75) is 58.1 Å². The van der Waals surface area contributed by atoms with Gasteiger partial charge < -0.3 is 15.7 Å². The van der Waals surface area contributed by atoms with Crippen LogP contribution in [0.5, 0.6) is 0 Å². The van der Waals surface area contributed by atoms with Gasteiger partial charge >= 0.3 is 6.18 Å². The summed E-state index contributed by atoms with van der Waals surface area (Å²) in [6.07, 6.45) is -3.60. The molecule has 0 aliphatic heterocycles. The fraction of sp³-hybridized carbons (Fsp3) is 0.476. The van der Waals surface area contributed by atoms with Crippen molar-refractivity contribution in [1.82, 2.24) is 14.9 Å². The van der Waals surface area contributed by atoms with Crippen LogP contribution in [0, 0.1) is 12.8 Å². The van der Waals surface area contributed by atoms with Gasteiger partial charge in [-0.3, -0.25) is 14.2 Å². The van der Waals surface area contributed by atoms with Crippen LogP contribution in [-0.2, 0) is 11.3 Å². The summed E-state index contributed by atoms with van der Waals surface area (Å²) in [6, 6.07) is 6.06. The Morgan fingerprint density at radius 2 is 1.97 bits per heavy atom. The van der Waals surface area contributed by atoms with E-state index in [4.69, 9.17) is 11.6 Å². The molecule has 1 fully saturated rings. The number of aromatic nitrogens is 2. The van der Waals surface area contributed by atoms with Gasteiger partial charge in [0.25, 0.3) is 5.56 Å². The second-order valence-corrected chi connectivity index (χ2v) is 8.84. The minimum Gasteiger partial charge on any atom is -0.374 e. The Balaban J connectivity index is 1.87. The predicted octanol–water partition coefficient (Wildman–Crippen LogP) is 3.47. The van der Waals surface area contributed by atoms with E-state index in [-0.39, 0.29) is 17.4 Å². The highest BCUT2D eigenvalue weighted by Gasteiger charge is 2.48. The van der Waals surface area contributed by atoms with Gasteiger partial charge in [-0.2, -0.15) is 13.2 Å². The SMILES string of the molecule is Cc1nc(-c2ccc(Cl)cc2NC(O)C2CC2)cc(=O)n1CC(=O)NC(C)(C)C(F)(F)F. The van der Waals surface area contributed by atoms with E-state index in [0.717, 1.165) is 31.3 Å². The lowest BCUT2D eigenvalue weighted by Gasteiger charge is -2.29. The molecule has 1 aliphatic carbocycles. The van der Waals surface area contributed by atoms with Gasteiger partial charge in [0, 0.05) is 28.3 Å². The molecule has 1 amide bonds. The van der Waals surface area contributed by atoms with Crippen LogP contribution in [0.3, 0.4) is 0 Å². The van der Waals surface area contributed by atoms with Crippen LogP contribution in [0.4, 0.5) is 18.9 Å². The third kappa shape index (κ3) is 5.42. The molecule has 1 saturated carbocycles. The zero-order chi connectivity index (χ0) is 23.8. The van der Waals surface area contributed by atoms with Crippen molar-refractivity contribution in [3.8, 4) is 11.3 Å². The lowest BCUT2D eigenvalue weighted by atomic mass is 10.1. The number of carbonyl (C=O) groups excluding carboxylic acids is 1. The van der Waals surface area contributed by atoms with Crippen molar-refractivity contribution in [1.29, 1.82) is 0 Å². The molecular weight excluding hydrogens is 449 g/mol. The van der Waals surface area contributed by atoms with E-state index in [1.807, 2.05) is 5.32 Å². The second-order valence-electron chi connectivity index (χ2n) is 8.40. The molecule has 174 valence electrons. The molecule has 0 bridgehead atoms. The van der Waals surface area contributed by atoms with Gasteiger partial charge in [-0.25, -0.2) is 4.98 Å². The summed E-state index contributed by atoms with van der Waals surface area (Å²) in [5.41, 5.74) is -1.76. The Morgan fingerprint density at radius 1 is 1.31 bits per heavy atom. The number of hydrogen-bond donors (Lipinski definition) is 3. The minimum absolute atomic E-state index is 0.143. The number of rotatable bonds is 7. The Bertz CT molecular complexity index is 1080. The molecular formula is C21H24ClF3N4O3. The first-order valence-corrected chi connectivity index (χ1v) is 10.4. The zero-order valence-corrected chi connectivity index (χ0v) is 18.5. The smallest absolute Gasteiger partial charge is 0.374 e. The molecule has 1 unspecified atom stereocenters. The normalized spacial score (nSPS) is 15.4. The second kappa shape index (κ2) is 8.74. The van der Waals surface area contributed by atoms with E-state index in [9.17, 15) is 27.9 Å². The van der Waals surface area contributed by atoms with Crippen molar-refractivity contribution < 1.29 is 23.1 Å². The maximum Gasteiger partial charge on any atom is 0.410 e. The molecule has 0 spiro atoms. The first-order chi connectivity index (χ1) is 14.8. The molecule has 1 aromatic carbocycles. The molecule has 1 aliphatic rings. The highest BCUT2D eigenvalue weighted by molar-refractivity contribution is 6.31. The standard InChI is InChI=1S/C21H24ClF3N4O3/c1-11-26-16(14-7-6-13(22)8-15(14)27-19(32)12-4-5-12)9-18(31)29(11)10-17(30)28-20(2,3)21(23,24)25/h6-9,12,19,27,32H,4-5,10H2,1-3H3,(H,28,30). The number of halogens is 4. The average Bonchev–Trinajstić information content (AvgIpc) is 3.48. The minimum atomic E-state index is -4.65. The van der Waals surface area contributed by atoms with E-state index >= 15 is 0 Å². The van der Waals surface area contributed by atoms with Crippen molar-refractivity contribution in [2.75, 3.05) is 5.32 Å². The highest BCUT2D eigenvalue weighted by Crippen LogP contribution is 2.36. The summed E-state index contributed by atoms with van der Waals surface area (Å²) in [7, 11) is 0. The van der Waals surface area contributed by atoms with E-state index in [1.165, 1.54) is 13.0 Å². The third-order valence-electron chi connectivity index (χ3n) is 5.29. The van der Waals surface area contributed by atoms with E-state index in [0.29, 0.717) is 16.3 Å². The Labute approximate surface area is 187 Å². The summed E-state index contributed by atoms with van der Waals surface area (Å²) in [5.74, 6) is -0.673. The third-order valence-corrected chi connectivity index (χ3v) is 5.53. The van der Waals surface area contributed by atoms with Gasteiger partial charge in [0.2, 0.25) is 5.91 Å². The van der Waals surface area contributed by atoms with Crippen molar-refractivity contribution in [3.05, 3.63) is 45.5 Å². The number of carbonyl (C=O) groups is 1. The van der Waals surface area contributed by atoms with Gasteiger partial charge in [-0.1, -0.05) is 11.6 Å². The summed E-state index contributed by atoms with van der Waals surface area (Å²) in [6.45, 7) is 2.55. The van der Waals surface area contributed by atoms with Crippen LogP contribution in [0.2, 0.25) is 5.02 Å². The molecule has 1 heterocycles. The van der Waals surface area contributed by atoms with Gasteiger partial charge in [0.15, 0.2) is 0 Å². The fourth-order valence-corrected chi connectivity index (χ4v) is 3.27. The molecule has 1 atom stereocenters. The zero-order valence-electron chi connectivity index (χ0n) is 17.8. The van der Waals surface area contributed by atoms with Crippen molar-refractivity contribution >= 4 is 23.2 Å². The monoisotopic (exact) mass is 472 g/mol. The summed E-state index contributed by atoms with van der Waals surface area (Å²) >= 11 is 6.08. The first kappa shape index (κ1) is 24.1. The van der Waals surface area contributed by atoms with Crippen LogP contribution < -0.4 is 16.2 Å². The van der Waals surface area contributed by atoms with Crippen LogP contribution in [0.15, 0.2) is 29.1 Å². The van der Waals surface area contributed by atoms with Crippen LogP contribution in [0.1, 0.15) is 32.5 Å². The van der Waals surface area contributed by atoms with Crippen LogP contribution in [-0.4, -0.2) is 38.5 Å². The molecule has 0 radical (unpaired) electrons. The topological polar surface area (TPSA) is 96.2 Å². The quantitative estimate of drug-likeness (QED) is 0.536. The van der Waals surface area contributed by atoms with Crippen LogP contribution >= 0.6 is 11.6 Å². The van der Waals surface area contributed by atoms with E-state index < -0.39 is 36.0 Å². The van der Waals surface area contributed by atoms with Crippen molar-refractivity contribution in [3.63, 3.8) is 0 Å².